The van der Waals surface area contributed by atoms with Gasteiger partial charge in [-0.25, -0.2) is 4.99 Å². The van der Waals surface area contributed by atoms with Crippen LogP contribution in [0.15, 0.2) is 52.2 Å². The van der Waals surface area contributed by atoms with Crippen molar-refractivity contribution in [1.82, 2.24) is 0 Å². The molecule has 3 heteroatoms. The summed E-state index contributed by atoms with van der Waals surface area (Å²) in [5, 5.41) is 4.76. The van der Waals surface area contributed by atoms with Crippen LogP contribution in [0.3, 0.4) is 0 Å². The molecule has 29 heavy (non-hydrogen) atoms. The van der Waals surface area contributed by atoms with E-state index in [9.17, 15) is 0 Å². The molecule has 1 aromatic rings. The Balaban J connectivity index is 1.62. The maximum atomic E-state index is 5.22. The van der Waals surface area contributed by atoms with Gasteiger partial charge in [-0.05, 0) is 78.6 Å². The average molecular weight is 407 g/mol. The molecular formula is C26H34N2S. The van der Waals surface area contributed by atoms with E-state index in [1.807, 2.05) is 11.8 Å². The molecule has 0 amide bonds. The van der Waals surface area contributed by atoms with Crippen molar-refractivity contribution < 1.29 is 0 Å². The van der Waals surface area contributed by atoms with Crippen molar-refractivity contribution in [2.24, 2.45) is 21.2 Å². The van der Waals surface area contributed by atoms with Crippen LogP contribution in [0.5, 0.6) is 0 Å². The topological polar surface area (TPSA) is 24.4 Å². The minimum Gasteiger partial charge on any atom is -0.335 e. The number of nitrogens with zero attached hydrogens (tertiary/aromatic N) is 1. The molecule has 5 rings (SSSR count). The summed E-state index contributed by atoms with van der Waals surface area (Å²) in [6.07, 6.45) is 8.69. The predicted molar refractivity (Wildman–Crippen MR) is 126 cm³/mol. The predicted octanol–water partition coefficient (Wildman–Crippen LogP) is 7.48. The number of thioether (sulfide) groups is 1. The number of benzene rings is 1. The molecule has 0 radical (unpaired) electrons. The fraction of sp³-hybridized carbons (Fsp3) is 0.577. The van der Waals surface area contributed by atoms with Gasteiger partial charge in [-0.2, -0.15) is 0 Å². The third-order valence-corrected chi connectivity index (χ3v) is 8.34. The summed E-state index contributed by atoms with van der Waals surface area (Å²) in [7, 11) is 0. The number of aryl methyl sites for hydroxylation is 1. The van der Waals surface area contributed by atoms with E-state index in [0.717, 1.165) is 17.3 Å². The normalized spacial score (nSPS) is 34.1. The Morgan fingerprint density at radius 2 is 1.62 bits per heavy atom. The first kappa shape index (κ1) is 19.5. The van der Waals surface area contributed by atoms with E-state index in [0.29, 0.717) is 10.8 Å². The molecule has 2 nitrogen and oxygen atoms in total. The molecule has 3 aliphatic carbocycles. The number of aliphatic imine (C=N–C) groups is 1. The van der Waals surface area contributed by atoms with Crippen molar-refractivity contribution >= 4 is 22.6 Å². The second-order valence-corrected chi connectivity index (χ2v) is 13.2. The van der Waals surface area contributed by atoms with Crippen LogP contribution in [-0.4, -0.2) is 9.91 Å². The highest BCUT2D eigenvalue weighted by atomic mass is 32.2. The van der Waals surface area contributed by atoms with Crippen molar-refractivity contribution in [2.75, 3.05) is 5.32 Å². The quantitative estimate of drug-likeness (QED) is 0.523. The van der Waals surface area contributed by atoms with Crippen molar-refractivity contribution in [1.29, 1.82) is 0 Å². The van der Waals surface area contributed by atoms with E-state index < -0.39 is 0 Å². The van der Waals surface area contributed by atoms with Gasteiger partial charge in [0.15, 0.2) is 5.17 Å². The average Bonchev–Trinajstić information content (AvgIpc) is 2.51. The molecule has 1 aromatic carbocycles. The molecule has 1 saturated carbocycles. The van der Waals surface area contributed by atoms with Gasteiger partial charge < -0.3 is 5.32 Å². The standard InChI is InChI=1S/C26H34N2S/c1-17-7-9-19(10-8-17)27-22-28-20-13-23(2,3)11-18-12-25(6)14-24(4,5)15-26(16-25,29-22)21(18)20/h7-10,12H,11,13-16H2,1-6H3,(H,27,28)/t25-,26+/m0/s1. The smallest absolute Gasteiger partial charge is 0.166 e. The summed E-state index contributed by atoms with van der Waals surface area (Å²) < 4.78 is 0.168. The first-order chi connectivity index (χ1) is 13.5. The largest absolute Gasteiger partial charge is 0.335 e. The zero-order chi connectivity index (χ0) is 20.7. The van der Waals surface area contributed by atoms with Crippen LogP contribution in [0, 0.1) is 23.2 Å². The third kappa shape index (κ3) is 3.40. The zero-order valence-electron chi connectivity index (χ0n) is 18.8. The Bertz CT molecular complexity index is 963. The Hall–Kier alpha value is -1.48. The minimum absolute atomic E-state index is 0.168. The summed E-state index contributed by atoms with van der Waals surface area (Å²) in [6.45, 7) is 14.4. The molecule has 0 unspecified atom stereocenters. The first-order valence-electron chi connectivity index (χ1n) is 11.0. The van der Waals surface area contributed by atoms with E-state index in [2.05, 4.69) is 77.2 Å². The number of allylic oxidation sites excluding steroid dienone is 3. The van der Waals surface area contributed by atoms with Gasteiger partial charge in [-0.1, -0.05) is 70.2 Å². The summed E-state index contributed by atoms with van der Waals surface area (Å²) in [5.74, 6) is 0. The highest BCUT2D eigenvalue weighted by molar-refractivity contribution is 8.15. The molecule has 1 spiro atoms. The van der Waals surface area contributed by atoms with Crippen LogP contribution >= 0.6 is 11.8 Å². The van der Waals surface area contributed by atoms with E-state index in [1.165, 1.54) is 36.9 Å². The molecule has 4 aliphatic rings. The Morgan fingerprint density at radius 1 is 0.897 bits per heavy atom. The number of amidine groups is 1. The van der Waals surface area contributed by atoms with Crippen LogP contribution in [0.4, 0.5) is 5.69 Å². The van der Waals surface area contributed by atoms with Crippen LogP contribution in [0.1, 0.15) is 72.3 Å². The van der Waals surface area contributed by atoms with E-state index in [1.54, 1.807) is 11.1 Å². The Morgan fingerprint density at radius 3 is 2.34 bits per heavy atom. The molecule has 1 aliphatic heterocycles. The van der Waals surface area contributed by atoms with Crippen LogP contribution in [-0.2, 0) is 0 Å². The lowest BCUT2D eigenvalue weighted by Gasteiger charge is -2.59. The molecule has 0 saturated heterocycles. The number of hydrogen-bond donors (Lipinski definition) is 1. The molecule has 0 aromatic heterocycles. The molecule has 1 fully saturated rings. The van der Waals surface area contributed by atoms with Crippen molar-refractivity contribution in [3.63, 3.8) is 0 Å². The summed E-state index contributed by atoms with van der Waals surface area (Å²) in [5.41, 5.74) is 7.90. The highest BCUT2D eigenvalue weighted by Gasteiger charge is 2.57. The molecular weight excluding hydrogens is 372 g/mol. The lowest BCUT2D eigenvalue weighted by molar-refractivity contribution is 0.107. The van der Waals surface area contributed by atoms with Gasteiger partial charge in [0.2, 0.25) is 0 Å². The summed E-state index contributed by atoms with van der Waals surface area (Å²) >= 11 is 2.01. The number of fused-ring (bicyclic) bond motifs is 1. The SMILES string of the molecule is Cc1ccc(NC2=NC3=C4C(=C[C@@]5(C)CC(C)(C)C[C@]4(C5)S2)CC(C)(C)C3)cc1. The number of hydrogen-bond acceptors (Lipinski definition) is 3. The van der Waals surface area contributed by atoms with E-state index in [-0.39, 0.29) is 10.2 Å². The van der Waals surface area contributed by atoms with Gasteiger partial charge in [0.1, 0.15) is 0 Å². The zero-order valence-corrected chi connectivity index (χ0v) is 19.6. The van der Waals surface area contributed by atoms with Crippen molar-refractivity contribution in [3.05, 3.63) is 52.7 Å². The second kappa shape index (κ2) is 6.03. The van der Waals surface area contributed by atoms with Gasteiger partial charge in [0.05, 0.1) is 4.75 Å². The lowest BCUT2D eigenvalue weighted by Crippen LogP contribution is -2.52. The van der Waals surface area contributed by atoms with E-state index >= 15 is 0 Å². The monoisotopic (exact) mass is 406 g/mol. The van der Waals surface area contributed by atoms with Crippen LogP contribution in [0.2, 0.25) is 0 Å². The van der Waals surface area contributed by atoms with Crippen molar-refractivity contribution in [2.45, 2.75) is 78.4 Å². The van der Waals surface area contributed by atoms with Gasteiger partial charge in [-0.3, -0.25) is 0 Å². The van der Waals surface area contributed by atoms with Gasteiger partial charge in [0, 0.05) is 11.4 Å². The second-order valence-electron chi connectivity index (χ2n) is 11.9. The lowest BCUT2D eigenvalue weighted by atomic mass is 9.52. The van der Waals surface area contributed by atoms with Gasteiger partial charge in [0.25, 0.3) is 0 Å². The van der Waals surface area contributed by atoms with Crippen LogP contribution in [0.25, 0.3) is 0 Å². The number of anilines is 1. The van der Waals surface area contributed by atoms with E-state index in [4.69, 9.17) is 4.99 Å². The van der Waals surface area contributed by atoms with Crippen molar-refractivity contribution in [3.8, 4) is 0 Å². The maximum absolute atomic E-state index is 5.22. The summed E-state index contributed by atoms with van der Waals surface area (Å²) in [6, 6.07) is 8.69. The summed E-state index contributed by atoms with van der Waals surface area (Å²) in [4.78, 5) is 5.22. The van der Waals surface area contributed by atoms with Crippen LogP contribution < -0.4 is 5.32 Å². The maximum Gasteiger partial charge on any atom is 0.166 e. The number of nitrogens with one attached hydrogen (secondary N) is 1. The molecule has 1 heterocycles. The fourth-order valence-electron chi connectivity index (χ4n) is 6.84. The minimum atomic E-state index is 0.168. The number of rotatable bonds is 1. The fourth-order valence-corrected chi connectivity index (χ4v) is 8.75. The molecule has 2 bridgehead atoms. The Labute approximate surface area is 180 Å². The molecule has 2 atom stereocenters. The molecule has 154 valence electrons. The van der Waals surface area contributed by atoms with Gasteiger partial charge >= 0.3 is 0 Å². The highest BCUT2D eigenvalue weighted by Crippen LogP contribution is 2.67. The van der Waals surface area contributed by atoms with Gasteiger partial charge in [-0.15, -0.1) is 0 Å². The third-order valence-electron chi connectivity index (χ3n) is 7.07. The first-order valence-corrected chi connectivity index (χ1v) is 11.9. The molecule has 1 N–H and O–H groups in total. The Kier molecular flexibility index (Phi) is 4.05.